The Kier molecular flexibility index (Phi) is 6.72. The molecule has 0 saturated carbocycles. The number of phosphoric ester groups is 1. The summed E-state index contributed by atoms with van der Waals surface area (Å²) in [5, 5.41) is 19.6. The number of phosphoric acid groups is 1. The fourth-order valence-corrected chi connectivity index (χ4v) is 2.24. The molecule has 0 aromatic carbocycles. The Morgan fingerprint density at radius 2 is 1.95 bits per heavy atom. The maximum absolute atomic E-state index is 11.6. The molecule has 1 aromatic heterocycles. The molecular weight excluding hydrogens is 334 g/mol. The van der Waals surface area contributed by atoms with Crippen LogP contribution in [0, 0.1) is 0 Å². The third-order valence-corrected chi connectivity index (χ3v) is 3.35. The van der Waals surface area contributed by atoms with Gasteiger partial charge in [0.1, 0.15) is 18.3 Å². The van der Waals surface area contributed by atoms with Crippen LogP contribution in [0.2, 0.25) is 0 Å². The van der Waals surface area contributed by atoms with E-state index in [2.05, 4.69) is 4.52 Å². The van der Waals surface area contributed by atoms with E-state index < -0.39 is 50.2 Å². The Balaban J connectivity index is 0.00000242. The van der Waals surface area contributed by atoms with E-state index in [0.717, 1.165) is 16.8 Å². The number of aromatic amines is 1. The quantitative estimate of drug-likeness (QED) is 0.263. The molecule has 1 aliphatic rings. The van der Waals surface area contributed by atoms with Crippen molar-refractivity contribution in [1.29, 1.82) is 0 Å². The first kappa shape index (κ1) is 19.7. The second kappa shape index (κ2) is 7.49. The summed E-state index contributed by atoms with van der Waals surface area (Å²) < 4.78 is 20.8. The summed E-state index contributed by atoms with van der Waals surface area (Å²) in [6.07, 6.45) is -4.58. The average molecular weight is 347 g/mol. The molecule has 0 amide bonds. The Morgan fingerprint density at radius 1 is 1.32 bits per heavy atom. The van der Waals surface area contributed by atoms with Crippen molar-refractivity contribution < 1.29 is 63.4 Å². The van der Waals surface area contributed by atoms with Gasteiger partial charge in [0.25, 0.3) is 5.56 Å². The van der Waals surface area contributed by atoms with Crippen LogP contribution in [-0.2, 0) is 13.8 Å². The molecule has 1 aromatic rings. The fraction of sp³-hybridized carbons (Fsp3) is 0.556. The summed E-state index contributed by atoms with van der Waals surface area (Å²) in [7, 11) is -4.76. The molecule has 0 bridgehead atoms. The topological polar surface area (TPSA) is 171 Å². The number of aliphatic hydroxyl groups is 2. The first-order valence-corrected chi connectivity index (χ1v) is 7.25. The van der Waals surface area contributed by atoms with Gasteiger partial charge < -0.3 is 24.7 Å². The van der Waals surface area contributed by atoms with Gasteiger partial charge in [-0.25, -0.2) is 9.36 Å². The van der Waals surface area contributed by atoms with Crippen molar-refractivity contribution in [3.63, 3.8) is 0 Å². The van der Waals surface area contributed by atoms with Crippen LogP contribution in [0.4, 0.5) is 0 Å². The molecule has 5 N–H and O–H groups in total. The number of H-pyrrole nitrogens is 1. The van der Waals surface area contributed by atoms with Gasteiger partial charge in [-0.3, -0.25) is 18.9 Å². The van der Waals surface area contributed by atoms with Crippen molar-refractivity contribution in [3.05, 3.63) is 33.1 Å². The molecule has 1 fully saturated rings. The van der Waals surface area contributed by atoms with E-state index in [1.54, 1.807) is 0 Å². The third-order valence-electron chi connectivity index (χ3n) is 2.87. The Labute approximate surface area is 145 Å². The smallest absolute Gasteiger partial charge is 0.387 e. The first-order valence-electron chi connectivity index (χ1n) is 5.72. The fourth-order valence-electron chi connectivity index (χ4n) is 1.89. The molecule has 22 heavy (non-hydrogen) atoms. The molecule has 0 aliphatic carbocycles. The third kappa shape index (κ3) is 4.59. The predicted octanol–water partition coefficient (Wildman–Crippen LogP) is -5.73. The number of aromatic nitrogens is 2. The van der Waals surface area contributed by atoms with Crippen molar-refractivity contribution in [3.8, 4) is 0 Å². The van der Waals surface area contributed by atoms with E-state index in [1.165, 1.54) is 0 Å². The van der Waals surface area contributed by atoms with E-state index in [9.17, 15) is 24.4 Å². The predicted molar refractivity (Wildman–Crippen MR) is 65.2 cm³/mol. The molecule has 2 heterocycles. The maximum atomic E-state index is 11.6. The number of ether oxygens (including phenoxy) is 1. The summed E-state index contributed by atoms with van der Waals surface area (Å²) in [6, 6.07) is 1.02. The van der Waals surface area contributed by atoms with Crippen molar-refractivity contribution in [2.75, 3.05) is 6.61 Å². The minimum Gasteiger partial charge on any atom is -0.387 e. The molecule has 0 radical (unpaired) electrons. The van der Waals surface area contributed by atoms with Crippen LogP contribution in [-0.4, -0.2) is 54.5 Å². The van der Waals surface area contributed by atoms with E-state index in [4.69, 9.17) is 14.5 Å². The minimum absolute atomic E-state index is 0. The molecule has 4 atom stereocenters. The van der Waals surface area contributed by atoms with Gasteiger partial charge in [0.05, 0.1) is 6.61 Å². The van der Waals surface area contributed by atoms with Gasteiger partial charge in [0.15, 0.2) is 6.23 Å². The van der Waals surface area contributed by atoms with Crippen LogP contribution in [0.15, 0.2) is 21.9 Å². The van der Waals surface area contributed by atoms with Crippen LogP contribution in [0.1, 0.15) is 6.23 Å². The molecular formula is C9H13N2NaO9P+. The van der Waals surface area contributed by atoms with Gasteiger partial charge in [-0.1, -0.05) is 0 Å². The van der Waals surface area contributed by atoms with E-state index in [0.29, 0.717) is 0 Å². The molecule has 0 spiro atoms. The number of nitrogens with one attached hydrogen (secondary N) is 1. The van der Waals surface area contributed by atoms with Gasteiger partial charge in [-0.15, -0.1) is 0 Å². The molecule has 118 valence electrons. The van der Waals surface area contributed by atoms with Gasteiger partial charge in [0, 0.05) is 12.3 Å². The number of nitrogens with zero attached hydrogens (tertiary/aromatic N) is 1. The van der Waals surface area contributed by atoms with E-state index >= 15 is 0 Å². The van der Waals surface area contributed by atoms with Gasteiger partial charge in [-0.2, -0.15) is 0 Å². The average Bonchev–Trinajstić information content (AvgIpc) is 2.64. The largest absolute Gasteiger partial charge is 1.00 e. The van der Waals surface area contributed by atoms with Gasteiger partial charge >= 0.3 is 43.1 Å². The normalized spacial score (nSPS) is 28.4. The molecule has 13 heteroatoms. The van der Waals surface area contributed by atoms with Gasteiger partial charge in [0.2, 0.25) is 0 Å². The first-order chi connectivity index (χ1) is 9.69. The molecule has 1 saturated heterocycles. The Hall–Kier alpha value is -0.330. The van der Waals surface area contributed by atoms with Crippen LogP contribution in [0.5, 0.6) is 0 Å². The zero-order valence-electron chi connectivity index (χ0n) is 11.4. The number of aliphatic hydroxyl groups excluding tert-OH is 2. The number of hydrogen-bond donors (Lipinski definition) is 5. The molecule has 1 aliphatic heterocycles. The summed E-state index contributed by atoms with van der Waals surface area (Å²) >= 11 is 0. The van der Waals surface area contributed by atoms with Crippen LogP contribution < -0.4 is 40.8 Å². The molecule has 2 rings (SSSR count). The monoisotopic (exact) mass is 347 g/mol. The van der Waals surface area contributed by atoms with Crippen LogP contribution >= 0.6 is 7.82 Å². The summed E-state index contributed by atoms with van der Waals surface area (Å²) in [5.41, 5.74) is -1.51. The Morgan fingerprint density at radius 3 is 2.50 bits per heavy atom. The summed E-state index contributed by atoms with van der Waals surface area (Å²) in [5.74, 6) is 0. The summed E-state index contributed by atoms with van der Waals surface area (Å²) in [4.78, 5) is 41.6. The zero-order chi connectivity index (χ0) is 15.8. The van der Waals surface area contributed by atoms with Crippen molar-refractivity contribution in [2.45, 2.75) is 24.5 Å². The molecule has 11 nitrogen and oxygen atoms in total. The zero-order valence-corrected chi connectivity index (χ0v) is 14.3. The second-order valence-electron chi connectivity index (χ2n) is 4.35. The summed E-state index contributed by atoms with van der Waals surface area (Å²) in [6.45, 7) is -0.683. The van der Waals surface area contributed by atoms with Crippen molar-refractivity contribution >= 4 is 7.82 Å². The van der Waals surface area contributed by atoms with Crippen LogP contribution in [0.25, 0.3) is 0 Å². The van der Waals surface area contributed by atoms with Crippen molar-refractivity contribution in [1.82, 2.24) is 9.55 Å². The second-order valence-corrected chi connectivity index (χ2v) is 5.59. The minimum atomic E-state index is -4.76. The molecule has 4 unspecified atom stereocenters. The van der Waals surface area contributed by atoms with Crippen molar-refractivity contribution in [2.24, 2.45) is 0 Å². The van der Waals surface area contributed by atoms with E-state index in [-0.39, 0.29) is 29.6 Å². The number of rotatable bonds is 4. The standard InChI is InChI=1S/C9H13N2O9P.Na/c12-5-1-2-11(9(15)10-5)8-7(14)6(13)4(20-8)3-19-21(16,17)18;/h1-2,4,6-8,13-14H,3H2,(H,10,12,15)(H2,16,17,18);/q;+1. The number of hydrogen-bond acceptors (Lipinski definition) is 7. The maximum Gasteiger partial charge on any atom is 1.00 e. The SMILES string of the molecule is O=c1ccn(C2OC(COP(=O)(O)O)C(O)C2O)c(=O)[nH]1.[Na+]. The van der Waals surface area contributed by atoms with E-state index in [1.807, 2.05) is 4.98 Å². The van der Waals surface area contributed by atoms with Crippen LogP contribution in [0.3, 0.4) is 0 Å². The van der Waals surface area contributed by atoms with Gasteiger partial charge in [-0.05, 0) is 0 Å². The Bertz CT molecular complexity index is 670.